The van der Waals surface area contributed by atoms with Gasteiger partial charge in [-0.1, -0.05) is 23.8 Å². The van der Waals surface area contributed by atoms with Crippen LogP contribution in [-0.4, -0.2) is 39.7 Å². The Kier molecular flexibility index (Phi) is 6.26. The summed E-state index contributed by atoms with van der Waals surface area (Å²) in [6.45, 7) is 6.36. The molecule has 0 aromatic heterocycles. The summed E-state index contributed by atoms with van der Waals surface area (Å²) in [5, 5.41) is 2.64. The second-order valence-electron chi connectivity index (χ2n) is 5.30. The topological polar surface area (TPSA) is 72.5 Å². The Morgan fingerprint density at radius 1 is 1.55 bits per heavy atom. The summed E-state index contributed by atoms with van der Waals surface area (Å²) < 4.78 is 26.5. The fraction of sp³-hybridized carbons (Fsp3) is 0.643. The molecule has 0 saturated carbocycles. The molecular weight excluding hydrogens is 278 g/mol. The third-order valence-corrected chi connectivity index (χ3v) is 4.26. The van der Waals surface area contributed by atoms with Crippen molar-refractivity contribution in [1.82, 2.24) is 5.32 Å². The number of alkyl carbamates (subject to hydrolysis) is 1. The van der Waals surface area contributed by atoms with Gasteiger partial charge in [-0.2, -0.15) is 0 Å². The highest BCUT2D eigenvalue weighted by Crippen LogP contribution is 2.27. The average Bonchev–Trinajstić information content (AvgIpc) is 2.35. The van der Waals surface area contributed by atoms with E-state index in [0.717, 1.165) is 25.5 Å². The Bertz CT molecular complexity index is 493. The zero-order chi connectivity index (χ0) is 15.2. The lowest BCUT2D eigenvalue weighted by Crippen LogP contribution is -2.28. The predicted molar refractivity (Wildman–Crippen MR) is 79.3 cm³/mol. The zero-order valence-electron chi connectivity index (χ0n) is 12.1. The summed E-state index contributed by atoms with van der Waals surface area (Å²) in [5.41, 5.74) is 2.39. The Labute approximate surface area is 121 Å². The van der Waals surface area contributed by atoms with Crippen LogP contribution in [0.1, 0.15) is 26.2 Å². The van der Waals surface area contributed by atoms with E-state index in [9.17, 15) is 13.2 Å². The van der Waals surface area contributed by atoms with Gasteiger partial charge in [-0.05, 0) is 32.1 Å². The molecule has 1 rings (SSSR count). The minimum Gasteiger partial charge on any atom is -0.448 e. The molecule has 0 aromatic rings. The van der Waals surface area contributed by atoms with Gasteiger partial charge in [0.25, 0.3) is 0 Å². The summed E-state index contributed by atoms with van der Waals surface area (Å²) in [7, 11) is -3.09. The highest BCUT2D eigenvalue weighted by molar-refractivity contribution is 7.90. The quantitative estimate of drug-likeness (QED) is 0.762. The number of hydrogen-bond donors (Lipinski definition) is 1. The zero-order valence-corrected chi connectivity index (χ0v) is 13.0. The predicted octanol–water partition coefficient (Wildman–Crippen LogP) is 2.06. The lowest BCUT2D eigenvalue weighted by atomic mass is 9.85. The molecule has 20 heavy (non-hydrogen) atoms. The summed E-state index contributed by atoms with van der Waals surface area (Å²) in [4.78, 5) is 11.4. The standard InChI is InChI=1S/C14H23NO4S/c1-11(2)13-6-4-12(5-7-13)10-15-14(16)19-8-9-20(3,17)18/h4,13H,1,5-10H2,2-3H3,(H,15,16). The van der Waals surface area contributed by atoms with Crippen LogP contribution in [-0.2, 0) is 14.6 Å². The van der Waals surface area contributed by atoms with Gasteiger partial charge in [0.05, 0.1) is 5.75 Å². The van der Waals surface area contributed by atoms with E-state index in [1.165, 1.54) is 11.1 Å². The summed E-state index contributed by atoms with van der Waals surface area (Å²) in [6.07, 6.45) is 5.65. The maximum Gasteiger partial charge on any atom is 0.407 e. The van der Waals surface area contributed by atoms with Gasteiger partial charge < -0.3 is 10.1 Å². The number of carbonyl (C=O) groups excluding carboxylic acids is 1. The van der Waals surface area contributed by atoms with Gasteiger partial charge in [0.1, 0.15) is 6.61 Å². The molecule has 0 saturated heterocycles. The van der Waals surface area contributed by atoms with E-state index in [1.54, 1.807) is 0 Å². The molecule has 0 aliphatic heterocycles. The van der Waals surface area contributed by atoms with Crippen molar-refractivity contribution in [2.24, 2.45) is 5.92 Å². The molecule has 0 aromatic carbocycles. The third kappa shape index (κ3) is 6.75. The minimum absolute atomic E-state index is 0.110. The van der Waals surface area contributed by atoms with Gasteiger partial charge in [-0.3, -0.25) is 0 Å². The molecule has 1 atom stereocenters. The summed E-state index contributed by atoms with van der Waals surface area (Å²) in [5.74, 6) is 0.393. The summed E-state index contributed by atoms with van der Waals surface area (Å²) in [6, 6.07) is 0. The van der Waals surface area contributed by atoms with Crippen molar-refractivity contribution in [3.8, 4) is 0 Å². The maximum atomic E-state index is 11.4. The van der Waals surface area contributed by atoms with E-state index in [-0.39, 0.29) is 12.4 Å². The smallest absolute Gasteiger partial charge is 0.407 e. The van der Waals surface area contributed by atoms with Crippen LogP contribution in [0, 0.1) is 5.92 Å². The van der Waals surface area contributed by atoms with Crippen molar-refractivity contribution in [3.05, 3.63) is 23.8 Å². The molecule has 1 amide bonds. The van der Waals surface area contributed by atoms with Crippen molar-refractivity contribution in [3.63, 3.8) is 0 Å². The van der Waals surface area contributed by atoms with Gasteiger partial charge in [-0.25, -0.2) is 13.2 Å². The van der Waals surface area contributed by atoms with Crippen LogP contribution in [0.15, 0.2) is 23.8 Å². The molecule has 0 radical (unpaired) electrons. The van der Waals surface area contributed by atoms with E-state index in [4.69, 9.17) is 4.74 Å². The normalized spacial score (nSPS) is 19.1. The summed E-state index contributed by atoms with van der Waals surface area (Å²) >= 11 is 0. The molecule has 6 heteroatoms. The van der Waals surface area contributed by atoms with Gasteiger partial charge in [0, 0.05) is 12.8 Å². The Morgan fingerprint density at radius 3 is 2.75 bits per heavy atom. The number of sulfone groups is 1. The Balaban J connectivity index is 2.23. The molecule has 1 N–H and O–H groups in total. The van der Waals surface area contributed by atoms with E-state index in [2.05, 4.69) is 18.0 Å². The highest BCUT2D eigenvalue weighted by atomic mass is 32.2. The Morgan fingerprint density at radius 2 is 2.25 bits per heavy atom. The minimum atomic E-state index is -3.09. The van der Waals surface area contributed by atoms with E-state index < -0.39 is 15.9 Å². The molecule has 114 valence electrons. The number of carbonyl (C=O) groups is 1. The SMILES string of the molecule is C=C(C)C1CC=C(CNC(=O)OCCS(C)(=O)=O)CC1. The highest BCUT2D eigenvalue weighted by Gasteiger charge is 2.15. The number of allylic oxidation sites excluding steroid dienone is 2. The fourth-order valence-corrected chi connectivity index (χ4v) is 2.41. The van der Waals surface area contributed by atoms with Gasteiger partial charge >= 0.3 is 6.09 Å². The fourth-order valence-electron chi connectivity index (χ4n) is 2.02. The van der Waals surface area contributed by atoms with Crippen LogP contribution in [0.5, 0.6) is 0 Å². The first-order chi connectivity index (χ1) is 9.28. The molecule has 1 aliphatic rings. The van der Waals surface area contributed by atoms with Crippen molar-refractivity contribution in [2.45, 2.75) is 26.2 Å². The number of rotatable bonds is 6. The second-order valence-corrected chi connectivity index (χ2v) is 7.56. The maximum absolute atomic E-state index is 11.4. The largest absolute Gasteiger partial charge is 0.448 e. The van der Waals surface area contributed by atoms with E-state index in [1.807, 2.05) is 6.92 Å². The van der Waals surface area contributed by atoms with Crippen molar-refractivity contribution in [1.29, 1.82) is 0 Å². The molecule has 0 spiro atoms. The molecule has 1 aliphatic carbocycles. The van der Waals surface area contributed by atoms with Gasteiger partial charge in [-0.15, -0.1) is 0 Å². The molecule has 5 nitrogen and oxygen atoms in total. The van der Waals surface area contributed by atoms with Crippen LogP contribution in [0.2, 0.25) is 0 Å². The van der Waals surface area contributed by atoms with Crippen molar-refractivity contribution < 1.29 is 17.9 Å². The molecule has 0 fully saturated rings. The lowest BCUT2D eigenvalue weighted by Gasteiger charge is -2.22. The monoisotopic (exact) mass is 301 g/mol. The van der Waals surface area contributed by atoms with Crippen LogP contribution < -0.4 is 5.32 Å². The number of hydrogen-bond acceptors (Lipinski definition) is 4. The number of nitrogens with one attached hydrogen (secondary N) is 1. The molecular formula is C14H23NO4S. The van der Waals surface area contributed by atoms with Crippen LogP contribution in [0.3, 0.4) is 0 Å². The average molecular weight is 301 g/mol. The number of ether oxygens (including phenoxy) is 1. The van der Waals surface area contributed by atoms with Gasteiger partial charge in [0.2, 0.25) is 0 Å². The van der Waals surface area contributed by atoms with Gasteiger partial charge in [0.15, 0.2) is 9.84 Å². The second kappa shape index (κ2) is 7.47. The van der Waals surface area contributed by atoms with Crippen LogP contribution in [0.4, 0.5) is 4.79 Å². The molecule has 1 unspecified atom stereocenters. The first kappa shape index (κ1) is 16.8. The number of amides is 1. The van der Waals surface area contributed by atoms with Crippen molar-refractivity contribution >= 4 is 15.9 Å². The van der Waals surface area contributed by atoms with E-state index in [0.29, 0.717) is 12.5 Å². The van der Waals surface area contributed by atoms with Crippen molar-refractivity contribution in [2.75, 3.05) is 25.2 Å². The van der Waals surface area contributed by atoms with Crippen LogP contribution >= 0.6 is 0 Å². The third-order valence-electron chi connectivity index (χ3n) is 3.35. The lowest BCUT2D eigenvalue weighted by molar-refractivity contribution is 0.153. The first-order valence-electron chi connectivity index (χ1n) is 6.69. The first-order valence-corrected chi connectivity index (χ1v) is 8.75. The van der Waals surface area contributed by atoms with Crippen LogP contribution in [0.25, 0.3) is 0 Å². The van der Waals surface area contributed by atoms with E-state index >= 15 is 0 Å². The molecule has 0 heterocycles. The Hall–Kier alpha value is -1.30. The molecule has 0 bridgehead atoms.